The second kappa shape index (κ2) is 12.2. The van der Waals surface area contributed by atoms with E-state index in [0.717, 1.165) is 24.3 Å². The van der Waals surface area contributed by atoms with Gasteiger partial charge in [0, 0.05) is 44.8 Å². The van der Waals surface area contributed by atoms with Crippen molar-refractivity contribution in [2.24, 2.45) is 0 Å². The normalized spacial score (nSPS) is 13.8. The quantitative estimate of drug-likeness (QED) is 0.300. The molecule has 1 heterocycles. The van der Waals surface area contributed by atoms with Crippen molar-refractivity contribution in [3.63, 3.8) is 0 Å². The first-order valence-electron chi connectivity index (χ1n) is 9.32. The third-order valence-corrected chi connectivity index (χ3v) is 4.42. The Kier molecular flexibility index (Phi) is 10.6. The van der Waals surface area contributed by atoms with Crippen molar-refractivity contribution < 1.29 is 53.2 Å². The Morgan fingerprint density at radius 3 is 2.09 bits per heavy atom. The van der Waals surface area contributed by atoms with E-state index in [2.05, 4.69) is 11.1 Å². The van der Waals surface area contributed by atoms with Gasteiger partial charge in [-0.15, -0.1) is 12.1 Å². The van der Waals surface area contributed by atoms with Crippen molar-refractivity contribution in [2.45, 2.75) is 38.1 Å². The van der Waals surface area contributed by atoms with E-state index in [1.165, 1.54) is 26.0 Å². The van der Waals surface area contributed by atoms with Crippen LogP contribution in [0.4, 0.5) is 22.0 Å². The fourth-order valence-corrected chi connectivity index (χ4v) is 3.03. The Morgan fingerprint density at radius 2 is 1.59 bits per heavy atom. The molecule has 2 aromatic carbocycles. The maximum absolute atomic E-state index is 13.2. The molecule has 3 rings (SSSR count). The Bertz CT molecular complexity index is 974. The van der Waals surface area contributed by atoms with Crippen LogP contribution in [0.1, 0.15) is 30.9 Å². The predicted octanol–water partition coefficient (Wildman–Crippen LogP) is 5.38. The fourth-order valence-electron chi connectivity index (χ4n) is 3.03. The van der Waals surface area contributed by atoms with Crippen molar-refractivity contribution in [1.29, 1.82) is 0 Å². The van der Waals surface area contributed by atoms with E-state index in [1.54, 1.807) is 24.4 Å². The zero-order chi connectivity index (χ0) is 23.2. The van der Waals surface area contributed by atoms with Gasteiger partial charge in [0.25, 0.3) is 0 Å². The van der Waals surface area contributed by atoms with E-state index < -0.39 is 41.5 Å². The molecule has 0 saturated heterocycles. The first kappa shape index (κ1) is 27.9. The van der Waals surface area contributed by atoms with Crippen LogP contribution in [0.3, 0.4) is 0 Å². The number of halogens is 5. The molecule has 9 heteroatoms. The number of hydrogen-bond donors (Lipinski definition) is 2. The minimum absolute atomic E-state index is 0. The number of alkyl halides is 3. The zero-order valence-corrected chi connectivity index (χ0v) is 19.3. The summed E-state index contributed by atoms with van der Waals surface area (Å²) in [5, 5.41) is 19.0. The summed E-state index contributed by atoms with van der Waals surface area (Å²) in [5.41, 5.74) is 0.142. The van der Waals surface area contributed by atoms with Crippen molar-refractivity contribution in [3.05, 3.63) is 89.6 Å². The van der Waals surface area contributed by atoms with Gasteiger partial charge in [0.2, 0.25) is 0 Å². The summed E-state index contributed by atoms with van der Waals surface area (Å²) in [6.07, 6.45) is -4.71. The van der Waals surface area contributed by atoms with Crippen LogP contribution in [0.25, 0.3) is 11.3 Å². The van der Waals surface area contributed by atoms with Crippen LogP contribution < -0.4 is 0 Å². The number of rotatable bonds is 4. The Balaban J connectivity index is 0.000000315. The van der Waals surface area contributed by atoms with Crippen LogP contribution >= 0.6 is 0 Å². The number of aromatic nitrogens is 1. The van der Waals surface area contributed by atoms with E-state index in [4.69, 9.17) is 0 Å². The Hall–Kier alpha value is -2.15. The molecule has 176 valence electrons. The number of benzene rings is 2. The Morgan fingerprint density at radius 1 is 0.938 bits per heavy atom. The third-order valence-electron chi connectivity index (χ3n) is 4.42. The van der Waals surface area contributed by atoms with Crippen molar-refractivity contribution in [1.82, 2.24) is 4.98 Å². The first-order valence-corrected chi connectivity index (χ1v) is 9.32. The van der Waals surface area contributed by atoms with E-state index in [9.17, 15) is 32.2 Å². The average molecular weight is 633 g/mol. The van der Waals surface area contributed by atoms with Gasteiger partial charge in [-0.05, 0) is 37.2 Å². The molecule has 2 N–H and O–H groups in total. The summed E-state index contributed by atoms with van der Waals surface area (Å²) in [6.45, 7) is 2.88. The molecule has 0 spiro atoms. The molecule has 0 saturated carbocycles. The molecular weight excluding hydrogens is 612 g/mol. The number of nitrogens with zero attached hydrogens (tertiary/aromatic N) is 1. The van der Waals surface area contributed by atoms with Gasteiger partial charge in [-0.3, -0.25) is 8.78 Å². The predicted molar refractivity (Wildman–Crippen MR) is 106 cm³/mol. The number of hydrogen-bond acceptors (Lipinski definition) is 3. The fraction of sp³-hybridized carbons (Fsp3) is 0.261. The van der Waals surface area contributed by atoms with E-state index in [1.807, 2.05) is 0 Å². The van der Waals surface area contributed by atoms with Crippen LogP contribution in [0.15, 0.2) is 60.8 Å². The van der Waals surface area contributed by atoms with Gasteiger partial charge < -0.3 is 15.2 Å². The summed E-state index contributed by atoms with van der Waals surface area (Å²) in [7, 11) is 0. The summed E-state index contributed by atoms with van der Waals surface area (Å²) in [6, 6.07) is 14.2. The van der Waals surface area contributed by atoms with Crippen LogP contribution in [-0.2, 0) is 27.2 Å². The maximum Gasteiger partial charge on any atom is 0.416 e. The first-order chi connectivity index (χ1) is 14.5. The molecule has 0 amide bonds. The van der Waals surface area contributed by atoms with Gasteiger partial charge in [-0.2, -0.15) is 13.2 Å². The maximum atomic E-state index is 13.2. The van der Waals surface area contributed by atoms with Gasteiger partial charge in [-0.25, -0.2) is 0 Å². The largest absolute Gasteiger partial charge is 0.416 e. The second-order valence-corrected chi connectivity index (χ2v) is 6.89. The van der Waals surface area contributed by atoms with Gasteiger partial charge in [0.05, 0.1) is 17.8 Å². The minimum Gasteiger partial charge on any atom is -0.393 e. The molecule has 0 aliphatic rings. The molecule has 3 aromatic rings. The molecule has 1 aromatic heterocycles. The summed E-state index contributed by atoms with van der Waals surface area (Å²) >= 11 is 0. The van der Waals surface area contributed by atoms with Gasteiger partial charge in [0.15, 0.2) is 0 Å². The van der Waals surface area contributed by atoms with Crippen LogP contribution in [0.5, 0.6) is 0 Å². The topological polar surface area (TPSA) is 53.4 Å². The number of aliphatic hydroxyl groups is 2. The summed E-state index contributed by atoms with van der Waals surface area (Å²) in [4.78, 5) is 3.95. The van der Waals surface area contributed by atoms with Crippen molar-refractivity contribution in [3.8, 4) is 11.3 Å². The third kappa shape index (κ3) is 7.76. The van der Waals surface area contributed by atoms with E-state index >= 15 is 0 Å². The molecule has 2 atom stereocenters. The summed E-state index contributed by atoms with van der Waals surface area (Å²) < 4.78 is 63.3. The van der Waals surface area contributed by atoms with Gasteiger partial charge in [0.1, 0.15) is 0 Å². The smallest absolute Gasteiger partial charge is 0.393 e. The van der Waals surface area contributed by atoms with Crippen LogP contribution in [0, 0.1) is 17.7 Å². The van der Waals surface area contributed by atoms with E-state index in [-0.39, 0.29) is 32.2 Å². The molecular formula is C23H21F5NO2Pt-. The van der Waals surface area contributed by atoms with E-state index in [0.29, 0.717) is 5.69 Å². The number of aliphatic hydroxyl groups excluding tert-OH is 2. The molecule has 3 nitrogen and oxygen atoms in total. The van der Waals surface area contributed by atoms with Crippen molar-refractivity contribution in [2.75, 3.05) is 0 Å². The van der Waals surface area contributed by atoms with Crippen molar-refractivity contribution >= 4 is 0 Å². The van der Waals surface area contributed by atoms with Crippen LogP contribution in [0.2, 0.25) is 0 Å². The molecule has 0 radical (unpaired) electrons. The van der Waals surface area contributed by atoms with Gasteiger partial charge in [-0.1, -0.05) is 42.0 Å². The molecule has 0 aliphatic heterocycles. The summed E-state index contributed by atoms with van der Waals surface area (Å²) in [5.74, 6) is -2.01. The molecule has 0 fully saturated rings. The zero-order valence-electron chi connectivity index (χ0n) is 17.1. The molecule has 2 unspecified atom stereocenters. The SMILES string of the molecule is CC(O)C(c1cccc(C(F)(F)F)c1)C(C)O.Fc1c[c-]c(-c2ccccn2)c(F)c1.[Pt]. The average Bonchev–Trinajstić information content (AvgIpc) is 2.68. The molecule has 32 heavy (non-hydrogen) atoms. The second-order valence-electron chi connectivity index (χ2n) is 6.89. The standard InChI is InChI=1S/C12H15F3O2.C11H6F2N.Pt/c1-7(16)11(8(2)17)9-4-3-5-10(6-9)12(13,14)15;12-8-4-5-9(10(13)7-8)11-3-1-2-6-14-11;/h3-8,11,16-17H,1-2H3;1-4,6-7H;/q;-1;. The van der Waals surface area contributed by atoms with Crippen LogP contribution in [-0.4, -0.2) is 27.4 Å². The van der Waals surface area contributed by atoms with Gasteiger partial charge >= 0.3 is 6.18 Å². The molecule has 0 aliphatic carbocycles. The minimum atomic E-state index is -4.42. The molecule has 0 bridgehead atoms. The number of pyridine rings is 1. The monoisotopic (exact) mass is 633 g/mol. The Labute approximate surface area is 197 Å².